The molecule has 0 saturated heterocycles. The van der Waals surface area contributed by atoms with Crippen molar-refractivity contribution in [3.8, 4) is 11.1 Å². The maximum Gasteiger partial charge on any atom is 0 e. The third-order valence-electron chi connectivity index (χ3n) is 7.47. The molecule has 169 valence electrons. The molecule has 0 aromatic heterocycles. The first-order valence-corrected chi connectivity index (χ1v) is 12.3. The summed E-state index contributed by atoms with van der Waals surface area (Å²) in [5.74, 6) is 0. The van der Waals surface area contributed by atoms with Gasteiger partial charge >= 0.3 is 0 Å². The molecule has 0 heterocycles. The summed E-state index contributed by atoms with van der Waals surface area (Å²) in [5.41, 5.74) is 2.14. The minimum Gasteiger partial charge on any atom is -0.226 e. The van der Waals surface area contributed by atoms with Gasteiger partial charge in [0.15, 0.2) is 0 Å². The van der Waals surface area contributed by atoms with Gasteiger partial charge in [-0.3, -0.25) is 0 Å². The average molecular weight is 541 g/mol. The molecule has 0 unspecified atom stereocenters. The molecule has 0 saturated carbocycles. The summed E-state index contributed by atoms with van der Waals surface area (Å²) in [6.45, 7) is 0. The molecule has 0 amide bonds. The fourth-order valence-electron chi connectivity index (χ4n) is 5.57. The van der Waals surface area contributed by atoms with E-state index in [4.69, 9.17) is 0 Å². The Labute approximate surface area is 240 Å². The van der Waals surface area contributed by atoms with Crippen molar-refractivity contribution in [1.29, 1.82) is 0 Å². The van der Waals surface area contributed by atoms with Crippen LogP contribution in [0.5, 0.6) is 0 Å². The molecule has 0 aliphatic carbocycles. The van der Waals surface area contributed by atoms with Crippen LogP contribution in [0.1, 0.15) is 0 Å². The van der Waals surface area contributed by atoms with Crippen molar-refractivity contribution in [3.63, 3.8) is 0 Å². The summed E-state index contributed by atoms with van der Waals surface area (Å²) in [6, 6.07) is 51.2. The van der Waals surface area contributed by atoms with E-state index in [-0.39, 0.29) is 32.7 Å². The minimum atomic E-state index is 0. The first-order valence-electron chi connectivity index (χ1n) is 12.3. The Morgan fingerprint density at radius 2 is 0.568 bits per heavy atom. The summed E-state index contributed by atoms with van der Waals surface area (Å²) >= 11 is 0. The van der Waals surface area contributed by atoms with Gasteiger partial charge < -0.3 is 0 Å². The monoisotopic (exact) mass is 541 g/mol. The molecule has 0 fully saturated rings. The summed E-state index contributed by atoms with van der Waals surface area (Å²) in [4.78, 5) is 0. The van der Waals surface area contributed by atoms with Gasteiger partial charge in [-0.25, -0.2) is 11.1 Å². The van der Waals surface area contributed by atoms with Crippen molar-refractivity contribution in [2.45, 2.75) is 0 Å². The Morgan fingerprint density at radius 3 is 0.919 bits per heavy atom. The molecule has 0 aliphatic rings. The number of hydrogen-bond donors (Lipinski definition) is 0. The quantitative estimate of drug-likeness (QED) is 0.143. The Hall–Kier alpha value is -3.58. The van der Waals surface area contributed by atoms with Crippen LogP contribution >= 0.6 is 0 Å². The van der Waals surface area contributed by atoms with E-state index in [1.807, 2.05) is 0 Å². The Kier molecular flexibility index (Phi) is 5.36. The van der Waals surface area contributed by atoms with Gasteiger partial charge in [-0.1, -0.05) is 72.8 Å². The molecule has 1 radical (unpaired) electrons. The molecule has 0 nitrogen and oxygen atoms in total. The predicted octanol–water partition coefficient (Wildman–Crippen LogP) is 9.87. The third-order valence-corrected chi connectivity index (χ3v) is 7.47. The van der Waals surface area contributed by atoms with Crippen molar-refractivity contribution in [3.05, 3.63) is 133 Å². The molecular weight excluding hydrogens is 521 g/mol. The van der Waals surface area contributed by atoms with Crippen LogP contribution in [0.3, 0.4) is 0 Å². The van der Waals surface area contributed by atoms with Gasteiger partial charge in [-0.2, -0.15) is 24.3 Å². The molecule has 0 atom stereocenters. The first-order chi connectivity index (χ1) is 17.8. The Bertz CT molecular complexity index is 2000. The number of benzene rings is 8. The van der Waals surface area contributed by atoms with Crippen molar-refractivity contribution >= 4 is 64.6 Å². The fraction of sp³-hybridized carbons (Fsp3) is 0. The van der Waals surface area contributed by atoms with Crippen LogP contribution in [-0.2, 0) is 32.7 Å². The second-order valence-electron chi connectivity index (χ2n) is 9.75. The van der Waals surface area contributed by atoms with Crippen LogP contribution in [0.4, 0.5) is 0 Å². The molecule has 37 heavy (non-hydrogen) atoms. The summed E-state index contributed by atoms with van der Waals surface area (Å²) in [5, 5.41) is 15.0. The van der Waals surface area contributed by atoms with E-state index in [2.05, 4.69) is 133 Å². The van der Waals surface area contributed by atoms with Crippen LogP contribution in [0, 0.1) is 12.1 Å². The van der Waals surface area contributed by atoms with E-state index in [0.29, 0.717) is 0 Å². The fourth-order valence-corrected chi connectivity index (χ4v) is 5.57. The van der Waals surface area contributed by atoms with Crippen LogP contribution in [0.15, 0.2) is 121 Å². The molecule has 1 heteroatoms. The van der Waals surface area contributed by atoms with Gasteiger partial charge in [0.1, 0.15) is 0 Å². The molecular formula is C36H20Y-2. The van der Waals surface area contributed by atoms with Crippen LogP contribution in [0.2, 0.25) is 0 Å². The molecule has 0 N–H and O–H groups in total. The second kappa shape index (κ2) is 8.77. The molecule has 8 rings (SSSR count). The second-order valence-corrected chi connectivity index (χ2v) is 9.75. The largest absolute Gasteiger partial charge is 0.226 e. The van der Waals surface area contributed by atoms with E-state index in [9.17, 15) is 0 Å². The summed E-state index contributed by atoms with van der Waals surface area (Å²) in [7, 11) is 0. The van der Waals surface area contributed by atoms with Crippen molar-refractivity contribution in [2.24, 2.45) is 0 Å². The smallest absolute Gasteiger partial charge is 0 e. The number of rotatable bonds is 1. The normalized spacial score (nSPS) is 11.6. The van der Waals surface area contributed by atoms with E-state index >= 15 is 0 Å². The number of fused-ring (bicyclic) bond motifs is 6. The minimum absolute atomic E-state index is 0. The Morgan fingerprint density at radius 1 is 0.297 bits per heavy atom. The van der Waals surface area contributed by atoms with Gasteiger partial charge in [0.2, 0.25) is 0 Å². The van der Waals surface area contributed by atoms with Crippen molar-refractivity contribution in [2.75, 3.05) is 0 Å². The zero-order valence-corrected chi connectivity index (χ0v) is 23.0. The van der Waals surface area contributed by atoms with Crippen LogP contribution < -0.4 is 0 Å². The standard InChI is InChI=1S/C36H20.Y/c1-3-7-25-15-35-21-31-17-27(9-11-29(31)19-33(35)13-23(25)5-1)28-10-12-30-20-34-14-24-6-2-4-8-26(24)16-36(34)22-32(30)18-28;/h1-8,11-22H;/q-2;. The molecule has 0 bridgehead atoms. The molecule has 0 spiro atoms. The Balaban J connectivity index is 0.00000231. The average Bonchev–Trinajstić information content (AvgIpc) is 2.92. The molecule has 8 aromatic carbocycles. The van der Waals surface area contributed by atoms with Crippen molar-refractivity contribution < 1.29 is 32.7 Å². The van der Waals surface area contributed by atoms with Crippen molar-refractivity contribution in [1.82, 2.24) is 0 Å². The van der Waals surface area contributed by atoms with Crippen LogP contribution in [0.25, 0.3) is 75.8 Å². The van der Waals surface area contributed by atoms with E-state index in [1.165, 1.54) is 64.6 Å². The topological polar surface area (TPSA) is 0 Å². The molecule has 0 aliphatic heterocycles. The third kappa shape index (κ3) is 3.84. The maximum atomic E-state index is 3.52. The van der Waals surface area contributed by atoms with Gasteiger partial charge in [-0.15, -0.1) is 33.7 Å². The van der Waals surface area contributed by atoms with Gasteiger partial charge in [0, 0.05) is 32.7 Å². The van der Waals surface area contributed by atoms with Gasteiger partial charge in [0.05, 0.1) is 0 Å². The zero-order chi connectivity index (χ0) is 23.6. The summed E-state index contributed by atoms with van der Waals surface area (Å²) < 4.78 is 0. The van der Waals surface area contributed by atoms with E-state index in [1.54, 1.807) is 0 Å². The van der Waals surface area contributed by atoms with E-state index < -0.39 is 0 Å². The zero-order valence-electron chi connectivity index (χ0n) is 20.1. The maximum absolute atomic E-state index is 3.52. The van der Waals surface area contributed by atoms with Crippen LogP contribution in [-0.4, -0.2) is 0 Å². The predicted molar refractivity (Wildman–Crippen MR) is 155 cm³/mol. The van der Waals surface area contributed by atoms with Gasteiger partial charge in [0.25, 0.3) is 0 Å². The summed E-state index contributed by atoms with van der Waals surface area (Å²) in [6.07, 6.45) is 0. The number of hydrogen-bond acceptors (Lipinski definition) is 0. The van der Waals surface area contributed by atoms with Gasteiger partial charge in [-0.05, 0) is 67.4 Å². The van der Waals surface area contributed by atoms with E-state index in [0.717, 1.165) is 11.1 Å². The molecule has 8 aromatic rings. The SMILES string of the molecule is [Y].[c-]1cc2cc3cc4ccccc4cc3cc2cc1-c1[c-]cc2cc3cc4ccccc4cc3cc2c1. The first kappa shape index (κ1) is 22.6.